The number of benzene rings is 2. The number of rotatable bonds is 10. The number of nitrogens with zero attached hydrogens (tertiary/aromatic N) is 3. The number of hydrogen-bond donors (Lipinski definition) is 1. The number of carbonyl (C=O) groups excluding carboxylic acids is 1. The van der Waals surface area contributed by atoms with E-state index in [1.54, 1.807) is 22.8 Å². The van der Waals surface area contributed by atoms with Crippen LogP contribution in [-0.4, -0.2) is 45.0 Å². The zero-order chi connectivity index (χ0) is 25.1. The summed E-state index contributed by atoms with van der Waals surface area (Å²) >= 11 is 1.25. The second-order valence-corrected chi connectivity index (χ2v) is 10.7. The van der Waals surface area contributed by atoms with Crippen molar-refractivity contribution in [2.75, 3.05) is 6.54 Å². The van der Waals surface area contributed by atoms with Crippen molar-refractivity contribution in [3.63, 3.8) is 0 Å². The van der Waals surface area contributed by atoms with Crippen LogP contribution in [0.5, 0.6) is 0 Å². The van der Waals surface area contributed by atoms with Gasteiger partial charge in [0.2, 0.25) is 5.91 Å². The van der Waals surface area contributed by atoms with E-state index in [1.165, 1.54) is 23.9 Å². The highest BCUT2D eigenvalue weighted by molar-refractivity contribution is 8.00. The van der Waals surface area contributed by atoms with E-state index in [-0.39, 0.29) is 23.3 Å². The number of hydrogen-bond acceptors (Lipinski definition) is 5. The molecule has 4 rings (SSSR count). The molecule has 0 saturated heterocycles. The van der Waals surface area contributed by atoms with E-state index in [0.29, 0.717) is 46.8 Å². The molecule has 1 fully saturated rings. The van der Waals surface area contributed by atoms with Crippen molar-refractivity contribution in [1.82, 2.24) is 19.8 Å². The summed E-state index contributed by atoms with van der Waals surface area (Å²) in [6.07, 6.45) is 1.93. The standard InChI is InChI=1S/C27H33FN4O2S/c1-17(2)31(18(3)4)15-16-32-26(34)22-7-5-6-8-23(22)30-27(32)35-24(25(33)29-21-13-14-21)19-9-11-20(28)12-10-19/h5-12,17-18,21,24H,13-16H2,1-4H3,(H,29,33). The highest BCUT2D eigenvalue weighted by Gasteiger charge is 2.30. The highest BCUT2D eigenvalue weighted by Crippen LogP contribution is 2.36. The van der Waals surface area contributed by atoms with Crippen molar-refractivity contribution < 1.29 is 9.18 Å². The van der Waals surface area contributed by atoms with Gasteiger partial charge in [0.15, 0.2) is 5.16 Å². The van der Waals surface area contributed by atoms with Crippen molar-refractivity contribution in [2.24, 2.45) is 0 Å². The molecule has 1 N–H and O–H groups in total. The Hall–Kier alpha value is -2.71. The van der Waals surface area contributed by atoms with Crippen LogP contribution < -0.4 is 10.9 Å². The minimum Gasteiger partial charge on any atom is -0.352 e. The van der Waals surface area contributed by atoms with Crippen molar-refractivity contribution in [3.8, 4) is 0 Å². The maximum absolute atomic E-state index is 13.6. The topological polar surface area (TPSA) is 67.2 Å². The Labute approximate surface area is 209 Å². The van der Waals surface area contributed by atoms with Crippen LogP contribution in [0.1, 0.15) is 51.3 Å². The lowest BCUT2D eigenvalue weighted by atomic mass is 10.1. The normalized spacial score (nSPS) is 14.7. The van der Waals surface area contributed by atoms with Crippen molar-refractivity contribution in [3.05, 3.63) is 70.3 Å². The number of fused-ring (bicyclic) bond motifs is 1. The van der Waals surface area contributed by atoms with Crippen molar-refractivity contribution in [1.29, 1.82) is 0 Å². The van der Waals surface area contributed by atoms with E-state index in [2.05, 4.69) is 37.9 Å². The minimum absolute atomic E-state index is 0.119. The summed E-state index contributed by atoms with van der Waals surface area (Å²) in [5, 5.41) is 3.45. The summed E-state index contributed by atoms with van der Waals surface area (Å²) in [6.45, 7) is 9.70. The predicted molar refractivity (Wildman–Crippen MR) is 139 cm³/mol. The predicted octanol–water partition coefficient (Wildman–Crippen LogP) is 4.77. The molecule has 1 aromatic heterocycles. The van der Waals surface area contributed by atoms with Crippen LogP contribution in [0, 0.1) is 5.82 Å². The fraction of sp³-hybridized carbons (Fsp3) is 0.444. The average Bonchev–Trinajstić information content (AvgIpc) is 3.63. The van der Waals surface area contributed by atoms with Crippen molar-refractivity contribution in [2.45, 2.75) is 75.6 Å². The molecular formula is C27H33FN4O2S. The average molecular weight is 497 g/mol. The molecule has 1 aliphatic rings. The molecule has 8 heteroatoms. The lowest BCUT2D eigenvalue weighted by molar-refractivity contribution is -0.120. The van der Waals surface area contributed by atoms with E-state index >= 15 is 0 Å². The maximum Gasteiger partial charge on any atom is 0.262 e. The van der Waals surface area contributed by atoms with Crippen LogP contribution in [0.4, 0.5) is 4.39 Å². The van der Waals surface area contributed by atoms with Gasteiger partial charge in [0, 0.05) is 31.2 Å². The number of amides is 1. The molecule has 1 amide bonds. The van der Waals surface area contributed by atoms with Gasteiger partial charge in [-0.25, -0.2) is 9.37 Å². The zero-order valence-electron chi connectivity index (χ0n) is 20.7. The van der Waals surface area contributed by atoms with Gasteiger partial charge >= 0.3 is 0 Å². The first-order chi connectivity index (χ1) is 16.7. The monoisotopic (exact) mass is 496 g/mol. The van der Waals surface area contributed by atoms with Gasteiger partial charge in [-0.1, -0.05) is 36.0 Å². The molecule has 1 heterocycles. The lowest BCUT2D eigenvalue weighted by Gasteiger charge is -2.31. The SMILES string of the molecule is CC(C)N(CCn1c(SC(C(=O)NC2CC2)c2ccc(F)cc2)nc2ccccc2c1=O)C(C)C. The second kappa shape index (κ2) is 10.9. The first-order valence-electron chi connectivity index (χ1n) is 12.2. The van der Waals surface area contributed by atoms with E-state index in [1.807, 2.05) is 18.2 Å². The zero-order valence-corrected chi connectivity index (χ0v) is 21.5. The van der Waals surface area contributed by atoms with E-state index in [9.17, 15) is 14.0 Å². The van der Waals surface area contributed by atoms with Crippen LogP contribution in [0.25, 0.3) is 10.9 Å². The fourth-order valence-electron chi connectivity index (χ4n) is 4.28. The van der Waals surface area contributed by atoms with Gasteiger partial charge in [-0.15, -0.1) is 0 Å². The minimum atomic E-state index is -0.651. The van der Waals surface area contributed by atoms with Crippen LogP contribution in [0.3, 0.4) is 0 Å². The first kappa shape index (κ1) is 25.4. The van der Waals surface area contributed by atoms with Gasteiger partial charge in [-0.2, -0.15) is 0 Å². The van der Waals surface area contributed by atoms with E-state index in [0.717, 1.165) is 12.8 Å². The maximum atomic E-state index is 13.6. The molecule has 0 aliphatic heterocycles. The molecule has 3 aromatic rings. The molecule has 0 radical (unpaired) electrons. The molecule has 1 saturated carbocycles. The number of carbonyl (C=O) groups is 1. The van der Waals surface area contributed by atoms with Gasteiger partial charge in [0.05, 0.1) is 10.9 Å². The lowest BCUT2D eigenvalue weighted by Crippen LogP contribution is -2.40. The fourth-order valence-corrected chi connectivity index (χ4v) is 5.42. The van der Waals surface area contributed by atoms with Gasteiger partial charge in [-0.3, -0.25) is 19.1 Å². The summed E-state index contributed by atoms with van der Waals surface area (Å²) in [7, 11) is 0. The molecule has 0 spiro atoms. The highest BCUT2D eigenvalue weighted by atomic mass is 32.2. The number of para-hydroxylation sites is 1. The van der Waals surface area contributed by atoms with Crippen LogP contribution in [0.2, 0.25) is 0 Å². The Bertz CT molecular complexity index is 1230. The van der Waals surface area contributed by atoms with Gasteiger partial charge < -0.3 is 5.32 Å². The van der Waals surface area contributed by atoms with Gasteiger partial charge in [0.1, 0.15) is 11.1 Å². The molecule has 186 valence electrons. The molecule has 1 aliphatic carbocycles. The number of nitrogens with one attached hydrogen (secondary N) is 1. The van der Waals surface area contributed by atoms with E-state index in [4.69, 9.17) is 4.98 Å². The Morgan fingerprint density at radius 1 is 1.11 bits per heavy atom. The number of thioether (sulfide) groups is 1. The Kier molecular flexibility index (Phi) is 7.91. The Balaban J connectivity index is 1.74. The van der Waals surface area contributed by atoms with Crippen LogP contribution in [0.15, 0.2) is 58.5 Å². The summed E-state index contributed by atoms with van der Waals surface area (Å²) in [5.74, 6) is -0.507. The third-order valence-corrected chi connectivity index (χ3v) is 7.54. The largest absolute Gasteiger partial charge is 0.352 e. The Morgan fingerprint density at radius 3 is 2.40 bits per heavy atom. The van der Waals surface area contributed by atoms with E-state index < -0.39 is 5.25 Å². The van der Waals surface area contributed by atoms with Crippen LogP contribution in [-0.2, 0) is 11.3 Å². The first-order valence-corrected chi connectivity index (χ1v) is 13.1. The van der Waals surface area contributed by atoms with Crippen LogP contribution >= 0.6 is 11.8 Å². The molecule has 0 bridgehead atoms. The third kappa shape index (κ3) is 6.11. The number of aromatic nitrogens is 2. The summed E-state index contributed by atoms with van der Waals surface area (Å²) < 4.78 is 15.3. The molecule has 6 nitrogen and oxygen atoms in total. The van der Waals surface area contributed by atoms with Gasteiger partial charge in [0.25, 0.3) is 5.56 Å². The van der Waals surface area contributed by atoms with Crippen molar-refractivity contribution >= 4 is 28.6 Å². The quantitative estimate of drug-likeness (QED) is 0.324. The second-order valence-electron chi connectivity index (χ2n) is 9.63. The molecule has 35 heavy (non-hydrogen) atoms. The molecule has 1 atom stereocenters. The molecule has 2 aromatic carbocycles. The Morgan fingerprint density at radius 2 is 1.77 bits per heavy atom. The summed E-state index contributed by atoms with van der Waals surface area (Å²) in [4.78, 5) is 33.9. The van der Waals surface area contributed by atoms with Gasteiger partial charge in [-0.05, 0) is 70.4 Å². The summed E-state index contributed by atoms with van der Waals surface area (Å²) in [6, 6.07) is 14.1. The number of halogens is 1. The smallest absolute Gasteiger partial charge is 0.262 e. The third-order valence-electron chi connectivity index (χ3n) is 6.29. The molecular weight excluding hydrogens is 463 g/mol. The molecule has 1 unspecified atom stereocenters. The summed E-state index contributed by atoms with van der Waals surface area (Å²) in [5.41, 5.74) is 1.15.